The van der Waals surface area contributed by atoms with Crippen LogP contribution in [-0.2, 0) is 4.79 Å². The zero-order valence-corrected chi connectivity index (χ0v) is 14.2. The molecular weight excluding hydrogens is 326 g/mol. The third-order valence-corrected chi connectivity index (χ3v) is 4.60. The van der Waals surface area contributed by atoms with Crippen molar-refractivity contribution in [3.05, 3.63) is 35.7 Å². The number of thiophene rings is 1. The number of urea groups is 1. The maximum Gasteiger partial charge on any atom is 0.324 e. The number of benzene rings is 1. The number of anilines is 3. The first-order valence-corrected chi connectivity index (χ1v) is 8.65. The van der Waals surface area contributed by atoms with Crippen molar-refractivity contribution in [3.8, 4) is 5.75 Å². The Hall–Kier alpha value is -2.54. The van der Waals surface area contributed by atoms with Gasteiger partial charge in [0.05, 0.1) is 17.8 Å². The molecule has 2 heterocycles. The highest BCUT2D eigenvalue weighted by Gasteiger charge is 2.22. The van der Waals surface area contributed by atoms with E-state index in [2.05, 4.69) is 10.6 Å². The Morgan fingerprint density at radius 3 is 2.83 bits per heavy atom. The van der Waals surface area contributed by atoms with E-state index in [9.17, 15) is 9.59 Å². The summed E-state index contributed by atoms with van der Waals surface area (Å²) in [6, 6.07) is 8.69. The number of carbonyl (C=O) groups is 2. The smallest absolute Gasteiger partial charge is 0.324 e. The summed E-state index contributed by atoms with van der Waals surface area (Å²) in [5.74, 6) is 0.676. The highest BCUT2D eigenvalue weighted by atomic mass is 32.1. The molecule has 0 atom stereocenters. The fraction of sp³-hybridized carbons (Fsp3) is 0.294. The van der Waals surface area contributed by atoms with Crippen LogP contribution in [0.2, 0.25) is 0 Å². The molecule has 3 rings (SSSR count). The van der Waals surface area contributed by atoms with E-state index in [1.165, 1.54) is 11.3 Å². The third kappa shape index (κ3) is 3.68. The van der Waals surface area contributed by atoms with Gasteiger partial charge < -0.3 is 15.0 Å². The van der Waals surface area contributed by atoms with E-state index in [-0.39, 0.29) is 11.9 Å². The summed E-state index contributed by atoms with van der Waals surface area (Å²) in [5.41, 5.74) is 1.35. The van der Waals surface area contributed by atoms with Crippen LogP contribution in [0.5, 0.6) is 5.75 Å². The minimum Gasteiger partial charge on any atom is -0.494 e. The van der Waals surface area contributed by atoms with E-state index in [0.717, 1.165) is 23.5 Å². The molecule has 1 saturated heterocycles. The first-order valence-electron chi connectivity index (χ1n) is 7.77. The molecule has 1 aliphatic rings. The molecule has 0 bridgehead atoms. The molecule has 0 radical (unpaired) electrons. The lowest BCUT2D eigenvalue weighted by Gasteiger charge is -2.28. The molecule has 0 saturated carbocycles. The number of ether oxygens (including phenoxy) is 1. The molecule has 24 heavy (non-hydrogen) atoms. The second kappa shape index (κ2) is 7.35. The molecule has 0 unspecified atom stereocenters. The Morgan fingerprint density at radius 1 is 1.25 bits per heavy atom. The Labute approximate surface area is 144 Å². The molecule has 2 aromatic rings. The highest BCUT2D eigenvalue weighted by Crippen LogP contribution is 2.33. The first-order chi connectivity index (χ1) is 11.7. The molecule has 1 fully saturated rings. The number of piperidine rings is 1. The second-order valence-corrected chi connectivity index (χ2v) is 6.39. The predicted molar refractivity (Wildman–Crippen MR) is 96.2 cm³/mol. The summed E-state index contributed by atoms with van der Waals surface area (Å²) in [4.78, 5) is 25.8. The van der Waals surface area contributed by atoms with Crippen molar-refractivity contribution in [1.82, 2.24) is 0 Å². The number of nitrogens with one attached hydrogen (secondary N) is 2. The van der Waals surface area contributed by atoms with Crippen molar-refractivity contribution in [2.24, 2.45) is 0 Å². The van der Waals surface area contributed by atoms with E-state index >= 15 is 0 Å². The average Bonchev–Trinajstić information content (AvgIpc) is 3.08. The summed E-state index contributed by atoms with van der Waals surface area (Å²) in [6.07, 6.45) is 2.48. The quantitative estimate of drug-likeness (QED) is 0.882. The molecule has 0 aliphatic carbocycles. The van der Waals surface area contributed by atoms with Crippen LogP contribution in [0.15, 0.2) is 35.7 Å². The Bertz CT molecular complexity index is 731. The van der Waals surface area contributed by atoms with Gasteiger partial charge in [0.15, 0.2) is 0 Å². The van der Waals surface area contributed by atoms with Gasteiger partial charge in [-0.3, -0.25) is 10.1 Å². The van der Waals surface area contributed by atoms with E-state index in [1.54, 1.807) is 24.1 Å². The standard InChI is InChI=1S/C17H19N3O3S/c1-23-14-11-12(18-17(22)19-15-5-4-10-24-15)7-8-13(14)20-9-3-2-6-16(20)21/h4-5,7-8,10-11H,2-3,6,9H2,1H3,(H2,18,19,22). The normalized spacial score (nSPS) is 14.4. The second-order valence-electron chi connectivity index (χ2n) is 5.45. The van der Waals surface area contributed by atoms with Gasteiger partial charge in [-0.05, 0) is 42.5 Å². The van der Waals surface area contributed by atoms with Gasteiger partial charge in [-0.25, -0.2) is 4.79 Å². The van der Waals surface area contributed by atoms with Crippen LogP contribution in [0.25, 0.3) is 0 Å². The van der Waals surface area contributed by atoms with Crippen molar-refractivity contribution >= 4 is 39.7 Å². The van der Waals surface area contributed by atoms with Gasteiger partial charge in [-0.1, -0.05) is 0 Å². The molecule has 6 nitrogen and oxygen atoms in total. The van der Waals surface area contributed by atoms with E-state index in [1.807, 2.05) is 23.6 Å². The van der Waals surface area contributed by atoms with E-state index in [0.29, 0.717) is 24.4 Å². The van der Waals surface area contributed by atoms with Crippen LogP contribution in [-0.4, -0.2) is 25.6 Å². The molecule has 3 amide bonds. The molecule has 0 spiro atoms. The van der Waals surface area contributed by atoms with Gasteiger partial charge in [0.2, 0.25) is 5.91 Å². The lowest BCUT2D eigenvalue weighted by molar-refractivity contribution is -0.119. The lowest BCUT2D eigenvalue weighted by Crippen LogP contribution is -2.35. The van der Waals surface area contributed by atoms with Crippen LogP contribution in [0.4, 0.5) is 21.2 Å². The maximum atomic E-state index is 12.1. The number of hydrogen-bond donors (Lipinski definition) is 2. The van der Waals surface area contributed by atoms with Crippen molar-refractivity contribution in [2.75, 3.05) is 29.2 Å². The minimum absolute atomic E-state index is 0.107. The van der Waals surface area contributed by atoms with Gasteiger partial charge in [0.25, 0.3) is 0 Å². The summed E-state index contributed by atoms with van der Waals surface area (Å²) in [7, 11) is 1.56. The SMILES string of the molecule is COc1cc(NC(=O)Nc2cccs2)ccc1N1CCCCC1=O. The van der Waals surface area contributed by atoms with Crippen LogP contribution >= 0.6 is 11.3 Å². The number of hydrogen-bond acceptors (Lipinski definition) is 4. The first kappa shape index (κ1) is 16.3. The van der Waals surface area contributed by atoms with E-state index < -0.39 is 0 Å². The molecular formula is C17H19N3O3S. The van der Waals surface area contributed by atoms with Crippen LogP contribution < -0.4 is 20.3 Å². The summed E-state index contributed by atoms with van der Waals surface area (Å²) < 4.78 is 5.41. The number of nitrogens with zero attached hydrogens (tertiary/aromatic N) is 1. The summed E-state index contributed by atoms with van der Waals surface area (Å²) in [5, 5.41) is 8.19. The fourth-order valence-corrected chi connectivity index (χ4v) is 3.28. The van der Waals surface area contributed by atoms with Gasteiger partial charge in [0.1, 0.15) is 5.75 Å². The molecule has 1 aromatic carbocycles. The van der Waals surface area contributed by atoms with Gasteiger partial charge in [-0.2, -0.15) is 0 Å². The summed E-state index contributed by atoms with van der Waals surface area (Å²) >= 11 is 1.45. The van der Waals surface area contributed by atoms with Crippen LogP contribution in [0, 0.1) is 0 Å². The van der Waals surface area contributed by atoms with Crippen LogP contribution in [0.1, 0.15) is 19.3 Å². The zero-order valence-electron chi connectivity index (χ0n) is 13.4. The predicted octanol–water partition coefficient (Wildman–Crippen LogP) is 3.92. The highest BCUT2D eigenvalue weighted by molar-refractivity contribution is 7.14. The van der Waals surface area contributed by atoms with Gasteiger partial charge in [-0.15, -0.1) is 11.3 Å². The largest absolute Gasteiger partial charge is 0.494 e. The number of carbonyl (C=O) groups excluding carboxylic acids is 2. The van der Waals surface area contributed by atoms with Crippen molar-refractivity contribution in [1.29, 1.82) is 0 Å². The van der Waals surface area contributed by atoms with Crippen molar-refractivity contribution in [3.63, 3.8) is 0 Å². The number of rotatable bonds is 4. The minimum atomic E-state index is -0.318. The molecule has 1 aromatic heterocycles. The molecule has 7 heteroatoms. The Morgan fingerprint density at radius 2 is 2.12 bits per heavy atom. The fourth-order valence-electron chi connectivity index (χ4n) is 2.66. The third-order valence-electron chi connectivity index (χ3n) is 3.81. The molecule has 126 valence electrons. The Kier molecular flexibility index (Phi) is 5.00. The zero-order chi connectivity index (χ0) is 16.9. The number of methoxy groups -OCH3 is 1. The lowest BCUT2D eigenvalue weighted by atomic mass is 10.1. The Balaban J connectivity index is 1.73. The molecule has 1 aliphatic heterocycles. The average molecular weight is 345 g/mol. The van der Waals surface area contributed by atoms with Gasteiger partial charge in [0, 0.05) is 24.7 Å². The van der Waals surface area contributed by atoms with Crippen molar-refractivity contribution < 1.29 is 14.3 Å². The van der Waals surface area contributed by atoms with Gasteiger partial charge >= 0.3 is 6.03 Å². The molecule has 2 N–H and O–H groups in total. The van der Waals surface area contributed by atoms with Crippen molar-refractivity contribution in [2.45, 2.75) is 19.3 Å². The van der Waals surface area contributed by atoms with Crippen LogP contribution in [0.3, 0.4) is 0 Å². The van der Waals surface area contributed by atoms with E-state index in [4.69, 9.17) is 4.74 Å². The topological polar surface area (TPSA) is 70.7 Å². The summed E-state index contributed by atoms with van der Waals surface area (Å²) in [6.45, 7) is 0.695. The maximum absolute atomic E-state index is 12.1. The monoisotopic (exact) mass is 345 g/mol. The number of amides is 3.